The lowest BCUT2D eigenvalue weighted by Gasteiger charge is -2.14. The molecule has 3 rings (SSSR count). The monoisotopic (exact) mass is 320 g/mol. The number of hydrogen-bond acceptors (Lipinski definition) is 3. The molecule has 0 aromatic heterocycles. The predicted octanol–water partition coefficient (Wildman–Crippen LogP) is 3.77. The van der Waals surface area contributed by atoms with E-state index in [1.807, 2.05) is 60.7 Å². The Hall–Kier alpha value is -2.85. The van der Waals surface area contributed by atoms with E-state index in [1.54, 1.807) is 0 Å². The normalized spacial score (nSPS) is 11.9. The van der Waals surface area contributed by atoms with E-state index in [2.05, 4.69) is 17.4 Å². The number of ether oxygens (including phenoxy) is 1. The van der Waals surface area contributed by atoms with Gasteiger partial charge in [-0.15, -0.1) is 0 Å². The van der Waals surface area contributed by atoms with Gasteiger partial charge >= 0.3 is 6.09 Å². The van der Waals surface area contributed by atoms with Crippen LogP contribution in [0, 0.1) is 0 Å². The Morgan fingerprint density at radius 2 is 1.67 bits per heavy atom. The van der Waals surface area contributed by atoms with Gasteiger partial charge in [0.1, 0.15) is 6.61 Å². The Labute approximate surface area is 141 Å². The van der Waals surface area contributed by atoms with E-state index in [-0.39, 0.29) is 12.6 Å². The van der Waals surface area contributed by atoms with Crippen LogP contribution in [0.5, 0.6) is 0 Å². The first-order valence-corrected chi connectivity index (χ1v) is 7.91. The van der Waals surface area contributed by atoms with Gasteiger partial charge < -0.3 is 15.8 Å². The molecule has 4 nitrogen and oxygen atoms in total. The number of benzene rings is 3. The molecule has 0 bridgehead atoms. The fourth-order valence-corrected chi connectivity index (χ4v) is 2.52. The van der Waals surface area contributed by atoms with Gasteiger partial charge in [-0.05, 0) is 28.0 Å². The van der Waals surface area contributed by atoms with Gasteiger partial charge in [-0.2, -0.15) is 0 Å². The third kappa shape index (κ3) is 4.12. The number of carbonyl (C=O) groups is 1. The van der Waals surface area contributed by atoms with E-state index in [9.17, 15) is 4.79 Å². The van der Waals surface area contributed by atoms with Gasteiger partial charge in [0, 0.05) is 12.6 Å². The number of nitrogens with two attached hydrogens (primary N) is 1. The molecule has 122 valence electrons. The molecule has 0 heterocycles. The van der Waals surface area contributed by atoms with Gasteiger partial charge in [-0.1, -0.05) is 66.7 Å². The van der Waals surface area contributed by atoms with Crippen LogP contribution in [0.2, 0.25) is 0 Å². The molecule has 0 aliphatic heterocycles. The van der Waals surface area contributed by atoms with Gasteiger partial charge in [-0.25, -0.2) is 4.79 Å². The minimum atomic E-state index is -0.463. The summed E-state index contributed by atoms with van der Waals surface area (Å²) in [5.41, 5.74) is 8.11. The van der Waals surface area contributed by atoms with Crippen molar-refractivity contribution >= 4 is 16.9 Å². The van der Waals surface area contributed by atoms with E-state index in [4.69, 9.17) is 10.5 Å². The molecule has 0 saturated carbocycles. The van der Waals surface area contributed by atoms with Gasteiger partial charge in [0.25, 0.3) is 0 Å². The third-order valence-electron chi connectivity index (χ3n) is 3.88. The highest BCUT2D eigenvalue weighted by Crippen LogP contribution is 2.19. The molecule has 0 fully saturated rings. The standard InChI is InChI=1S/C20H20N2O2/c21-19(18-11-10-16-8-4-5-9-17(16)12-18)13-22-20(23)24-14-15-6-2-1-3-7-15/h1-12,19H,13-14,21H2,(H,22,23)/t19-/m0/s1. The van der Waals surface area contributed by atoms with Crippen LogP contribution in [0.15, 0.2) is 72.8 Å². The number of nitrogens with one attached hydrogen (secondary N) is 1. The second-order valence-corrected chi connectivity index (χ2v) is 5.66. The number of amides is 1. The first-order chi connectivity index (χ1) is 11.7. The lowest BCUT2D eigenvalue weighted by atomic mass is 10.0. The summed E-state index contributed by atoms with van der Waals surface area (Å²) in [6.45, 7) is 0.573. The van der Waals surface area contributed by atoms with Crippen molar-refractivity contribution in [3.63, 3.8) is 0 Å². The van der Waals surface area contributed by atoms with Crippen molar-refractivity contribution in [3.05, 3.63) is 83.9 Å². The molecule has 3 aromatic rings. The molecule has 3 aromatic carbocycles. The molecule has 0 radical (unpaired) electrons. The average molecular weight is 320 g/mol. The zero-order valence-corrected chi connectivity index (χ0v) is 13.3. The van der Waals surface area contributed by atoms with Crippen LogP contribution in [0.1, 0.15) is 17.2 Å². The van der Waals surface area contributed by atoms with Crippen LogP contribution in [-0.2, 0) is 11.3 Å². The molecule has 0 spiro atoms. The number of carbonyl (C=O) groups excluding carboxylic acids is 1. The average Bonchev–Trinajstić information content (AvgIpc) is 2.65. The van der Waals surface area contributed by atoms with Crippen molar-refractivity contribution in [1.82, 2.24) is 5.32 Å². The molecule has 4 heteroatoms. The van der Waals surface area contributed by atoms with Crippen molar-refractivity contribution in [2.24, 2.45) is 5.73 Å². The number of alkyl carbamates (subject to hydrolysis) is 1. The molecule has 0 unspecified atom stereocenters. The maximum Gasteiger partial charge on any atom is 0.407 e. The Morgan fingerprint density at radius 1 is 0.958 bits per heavy atom. The molecule has 1 amide bonds. The largest absolute Gasteiger partial charge is 0.445 e. The van der Waals surface area contributed by atoms with Gasteiger partial charge in [0.05, 0.1) is 0 Å². The van der Waals surface area contributed by atoms with Crippen LogP contribution in [0.4, 0.5) is 4.79 Å². The first-order valence-electron chi connectivity index (χ1n) is 7.91. The Kier molecular flexibility index (Phi) is 5.08. The number of hydrogen-bond donors (Lipinski definition) is 2. The van der Waals surface area contributed by atoms with E-state index in [1.165, 1.54) is 5.39 Å². The summed E-state index contributed by atoms with van der Waals surface area (Å²) in [5, 5.41) is 5.02. The molecular formula is C20H20N2O2. The van der Waals surface area contributed by atoms with E-state index in [0.29, 0.717) is 6.54 Å². The quantitative estimate of drug-likeness (QED) is 0.752. The SMILES string of the molecule is N[C@@H](CNC(=O)OCc1ccccc1)c1ccc2ccccc2c1. The van der Waals surface area contributed by atoms with Crippen molar-refractivity contribution in [2.75, 3.05) is 6.54 Å². The zero-order valence-electron chi connectivity index (χ0n) is 13.3. The van der Waals surface area contributed by atoms with Crippen molar-refractivity contribution in [2.45, 2.75) is 12.6 Å². The summed E-state index contributed by atoms with van der Waals surface area (Å²) in [7, 11) is 0. The van der Waals surface area contributed by atoms with E-state index < -0.39 is 6.09 Å². The lowest BCUT2D eigenvalue weighted by Crippen LogP contribution is -2.32. The number of fused-ring (bicyclic) bond motifs is 1. The molecular weight excluding hydrogens is 300 g/mol. The van der Waals surface area contributed by atoms with Crippen LogP contribution < -0.4 is 11.1 Å². The predicted molar refractivity (Wildman–Crippen MR) is 95.5 cm³/mol. The second-order valence-electron chi connectivity index (χ2n) is 5.66. The summed E-state index contributed by atoms with van der Waals surface area (Å²) in [5.74, 6) is 0. The van der Waals surface area contributed by atoms with E-state index in [0.717, 1.165) is 16.5 Å². The van der Waals surface area contributed by atoms with Crippen LogP contribution in [-0.4, -0.2) is 12.6 Å². The highest BCUT2D eigenvalue weighted by Gasteiger charge is 2.09. The second kappa shape index (κ2) is 7.62. The molecule has 24 heavy (non-hydrogen) atoms. The fourth-order valence-electron chi connectivity index (χ4n) is 2.52. The minimum Gasteiger partial charge on any atom is -0.445 e. The van der Waals surface area contributed by atoms with Gasteiger partial charge in [0.15, 0.2) is 0 Å². The molecule has 1 atom stereocenters. The first kappa shape index (κ1) is 16.0. The van der Waals surface area contributed by atoms with Gasteiger partial charge in [-0.3, -0.25) is 0 Å². The van der Waals surface area contributed by atoms with Crippen LogP contribution in [0.3, 0.4) is 0 Å². The Balaban J connectivity index is 1.52. The molecule has 0 aliphatic rings. The smallest absolute Gasteiger partial charge is 0.407 e. The van der Waals surface area contributed by atoms with Crippen LogP contribution >= 0.6 is 0 Å². The highest BCUT2D eigenvalue weighted by molar-refractivity contribution is 5.83. The Morgan fingerprint density at radius 3 is 2.46 bits per heavy atom. The summed E-state index contributed by atoms with van der Waals surface area (Å²) >= 11 is 0. The van der Waals surface area contributed by atoms with Crippen molar-refractivity contribution < 1.29 is 9.53 Å². The summed E-state index contributed by atoms with van der Waals surface area (Å²) in [6, 6.07) is 23.5. The molecule has 0 aliphatic carbocycles. The van der Waals surface area contributed by atoms with Crippen LogP contribution in [0.25, 0.3) is 10.8 Å². The Bertz CT molecular complexity index is 818. The number of rotatable bonds is 5. The highest BCUT2D eigenvalue weighted by atomic mass is 16.5. The fraction of sp³-hybridized carbons (Fsp3) is 0.150. The van der Waals surface area contributed by atoms with E-state index >= 15 is 0 Å². The third-order valence-corrected chi connectivity index (χ3v) is 3.88. The van der Waals surface area contributed by atoms with Crippen molar-refractivity contribution in [3.8, 4) is 0 Å². The topological polar surface area (TPSA) is 64.3 Å². The minimum absolute atomic E-state index is 0.248. The molecule has 0 saturated heterocycles. The zero-order chi connectivity index (χ0) is 16.8. The lowest BCUT2D eigenvalue weighted by molar-refractivity contribution is 0.139. The summed E-state index contributed by atoms with van der Waals surface area (Å²) in [4.78, 5) is 11.8. The van der Waals surface area contributed by atoms with Crippen molar-refractivity contribution in [1.29, 1.82) is 0 Å². The molecule has 3 N–H and O–H groups in total. The maximum absolute atomic E-state index is 11.8. The maximum atomic E-state index is 11.8. The van der Waals surface area contributed by atoms with Gasteiger partial charge in [0.2, 0.25) is 0 Å². The summed E-state index contributed by atoms with van der Waals surface area (Å²) < 4.78 is 5.18. The summed E-state index contributed by atoms with van der Waals surface area (Å²) in [6.07, 6.45) is -0.463.